The van der Waals surface area contributed by atoms with Crippen molar-refractivity contribution in [3.05, 3.63) is 24.0 Å². The minimum absolute atomic E-state index is 0.136. The van der Waals surface area contributed by atoms with Crippen LogP contribution < -0.4 is 5.46 Å². The van der Waals surface area contributed by atoms with Crippen LogP contribution in [0.1, 0.15) is 38.2 Å². The van der Waals surface area contributed by atoms with E-state index >= 15 is 0 Å². The van der Waals surface area contributed by atoms with Gasteiger partial charge in [-0.1, -0.05) is 0 Å². The van der Waals surface area contributed by atoms with Crippen molar-refractivity contribution in [2.24, 2.45) is 0 Å². The molecular weight excluding hydrogens is 255 g/mol. The molecule has 1 aromatic heterocycles. The molecule has 1 fully saturated rings. The topological polar surface area (TPSA) is 51.7 Å². The molecule has 0 spiro atoms. The van der Waals surface area contributed by atoms with E-state index in [1.54, 1.807) is 26.4 Å². The molecule has 1 aliphatic rings. The summed E-state index contributed by atoms with van der Waals surface area (Å²) >= 11 is 0. The maximum absolute atomic E-state index is 11.9. The quantitative estimate of drug-likeness (QED) is 0.758. The van der Waals surface area contributed by atoms with Crippen molar-refractivity contribution in [2.75, 3.05) is 14.1 Å². The Balaban J connectivity index is 2.28. The molecule has 1 aliphatic heterocycles. The fourth-order valence-corrected chi connectivity index (χ4v) is 1.92. The first-order chi connectivity index (χ1) is 9.14. The molecule has 0 N–H and O–H groups in total. The van der Waals surface area contributed by atoms with Crippen LogP contribution in [0.15, 0.2) is 18.3 Å². The summed E-state index contributed by atoms with van der Waals surface area (Å²) in [5.74, 6) is -0.136. The van der Waals surface area contributed by atoms with Crippen molar-refractivity contribution < 1.29 is 14.1 Å². The molecule has 1 aromatic rings. The van der Waals surface area contributed by atoms with Crippen LogP contribution in [0, 0.1) is 0 Å². The van der Waals surface area contributed by atoms with Crippen molar-refractivity contribution >= 4 is 18.5 Å². The third kappa shape index (κ3) is 2.58. The lowest BCUT2D eigenvalue weighted by atomic mass is 9.79. The second kappa shape index (κ2) is 4.86. The second-order valence-corrected chi connectivity index (χ2v) is 6.26. The lowest BCUT2D eigenvalue weighted by Gasteiger charge is -2.32. The first kappa shape index (κ1) is 15.0. The first-order valence-electron chi connectivity index (χ1n) is 6.67. The van der Waals surface area contributed by atoms with E-state index < -0.39 is 18.3 Å². The number of pyridine rings is 1. The summed E-state index contributed by atoms with van der Waals surface area (Å²) in [6, 6.07) is 3.54. The minimum atomic E-state index is -0.475. The highest BCUT2D eigenvalue weighted by Crippen LogP contribution is 2.36. The number of rotatable bonds is 2. The molecule has 0 atom stereocenters. The van der Waals surface area contributed by atoms with Crippen molar-refractivity contribution in [1.29, 1.82) is 0 Å². The summed E-state index contributed by atoms with van der Waals surface area (Å²) in [5, 5.41) is 0. The molecule has 0 aliphatic carbocycles. The number of aromatic nitrogens is 1. The molecule has 20 heavy (non-hydrogen) atoms. The van der Waals surface area contributed by atoms with E-state index in [9.17, 15) is 4.79 Å². The molecule has 5 nitrogen and oxygen atoms in total. The number of nitrogens with zero attached hydrogens (tertiary/aromatic N) is 2. The Labute approximate surface area is 120 Å². The van der Waals surface area contributed by atoms with Crippen molar-refractivity contribution in [1.82, 2.24) is 9.88 Å². The predicted octanol–water partition coefficient (Wildman–Crippen LogP) is 1.08. The zero-order valence-corrected chi connectivity index (χ0v) is 12.9. The summed E-state index contributed by atoms with van der Waals surface area (Å²) < 4.78 is 11.9. The van der Waals surface area contributed by atoms with Gasteiger partial charge in [0.15, 0.2) is 0 Å². The maximum Gasteiger partial charge on any atom is 0.494 e. The third-order valence-corrected chi connectivity index (χ3v) is 3.93. The summed E-state index contributed by atoms with van der Waals surface area (Å²) in [4.78, 5) is 17.5. The van der Waals surface area contributed by atoms with Gasteiger partial charge in [-0.3, -0.25) is 9.78 Å². The molecule has 0 radical (unpaired) electrons. The number of amides is 1. The monoisotopic (exact) mass is 276 g/mol. The van der Waals surface area contributed by atoms with Crippen molar-refractivity contribution in [3.63, 3.8) is 0 Å². The third-order valence-electron chi connectivity index (χ3n) is 3.93. The van der Waals surface area contributed by atoms with Gasteiger partial charge in [0.25, 0.3) is 5.91 Å². The molecule has 0 unspecified atom stereocenters. The van der Waals surface area contributed by atoms with E-state index in [-0.39, 0.29) is 5.91 Å². The standard InChI is InChI=1S/C14H21BN2O3/c1-13(2)14(3,4)20-15(19-13)10-7-8-16-11(9-10)12(18)17(5)6/h7-9H,1-6H3. The van der Waals surface area contributed by atoms with Gasteiger partial charge in [-0.2, -0.15) is 0 Å². The molecule has 6 heteroatoms. The predicted molar refractivity (Wildman–Crippen MR) is 78.0 cm³/mol. The zero-order valence-electron chi connectivity index (χ0n) is 12.9. The first-order valence-corrected chi connectivity index (χ1v) is 6.67. The highest BCUT2D eigenvalue weighted by molar-refractivity contribution is 6.62. The number of hydrogen-bond acceptors (Lipinski definition) is 4. The van der Waals surface area contributed by atoms with Gasteiger partial charge in [0.2, 0.25) is 0 Å². The molecule has 0 saturated carbocycles. The Morgan fingerprint density at radius 3 is 2.25 bits per heavy atom. The van der Waals surface area contributed by atoms with Crippen molar-refractivity contribution in [2.45, 2.75) is 38.9 Å². The van der Waals surface area contributed by atoms with Gasteiger partial charge in [-0.05, 0) is 45.3 Å². The van der Waals surface area contributed by atoms with E-state index in [1.807, 2.05) is 33.8 Å². The fourth-order valence-electron chi connectivity index (χ4n) is 1.92. The van der Waals surface area contributed by atoms with Crippen LogP contribution in [0.25, 0.3) is 0 Å². The summed E-state index contributed by atoms with van der Waals surface area (Å²) in [6.45, 7) is 8.00. The van der Waals surface area contributed by atoms with Crippen LogP contribution >= 0.6 is 0 Å². The van der Waals surface area contributed by atoms with Crippen LogP contribution in [0.2, 0.25) is 0 Å². The molecule has 1 amide bonds. The largest absolute Gasteiger partial charge is 0.494 e. The molecule has 2 rings (SSSR count). The highest BCUT2D eigenvalue weighted by atomic mass is 16.7. The Morgan fingerprint density at radius 2 is 1.75 bits per heavy atom. The van der Waals surface area contributed by atoms with Crippen LogP contribution in [-0.4, -0.2) is 48.2 Å². The smallest absolute Gasteiger partial charge is 0.399 e. The lowest BCUT2D eigenvalue weighted by Crippen LogP contribution is -2.41. The molecule has 2 heterocycles. The van der Waals surface area contributed by atoms with Gasteiger partial charge < -0.3 is 14.2 Å². The highest BCUT2D eigenvalue weighted by Gasteiger charge is 2.51. The molecule has 108 valence electrons. The zero-order chi connectivity index (χ0) is 15.1. The molecule has 0 aromatic carbocycles. The normalized spacial score (nSPS) is 20.0. The average Bonchev–Trinajstić information content (AvgIpc) is 2.57. The van der Waals surface area contributed by atoms with Crippen molar-refractivity contribution in [3.8, 4) is 0 Å². The van der Waals surface area contributed by atoms with Gasteiger partial charge >= 0.3 is 7.12 Å². The van der Waals surface area contributed by atoms with E-state index in [4.69, 9.17) is 9.31 Å². The number of hydrogen-bond donors (Lipinski definition) is 0. The number of carbonyl (C=O) groups is 1. The van der Waals surface area contributed by atoms with Crippen LogP contribution in [0.5, 0.6) is 0 Å². The Morgan fingerprint density at radius 1 is 1.20 bits per heavy atom. The fraction of sp³-hybridized carbons (Fsp3) is 0.571. The van der Waals surface area contributed by atoms with Gasteiger partial charge in [0.1, 0.15) is 5.69 Å². The Kier molecular flexibility index (Phi) is 3.65. The lowest BCUT2D eigenvalue weighted by molar-refractivity contribution is 0.00578. The minimum Gasteiger partial charge on any atom is -0.399 e. The SMILES string of the molecule is CN(C)C(=O)c1cc(B2OC(C)(C)C(C)(C)O2)ccn1. The second-order valence-electron chi connectivity index (χ2n) is 6.26. The Bertz CT molecular complexity index is 513. The molecular formula is C14H21BN2O3. The molecule has 0 bridgehead atoms. The van der Waals surface area contributed by atoms with E-state index in [2.05, 4.69) is 4.98 Å². The van der Waals surface area contributed by atoms with Crippen LogP contribution in [0.4, 0.5) is 0 Å². The van der Waals surface area contributed by atoms with Crippen LogP contribution in [-0.2, 0) is 9.31 Å². The van der Waals surface area contributed by atoms with Gasteiger partial charge in [0, 0.05) is 20.3 Å². The van der Waals surface area contributed by atoms with E-state index in [1.165, 1.54) is 4.90 Å². The van der Waals surface area contributed by atoms with Gasteiger partial charge in [-0.15, -0.1) is 0 Å². The summed E-state index contributed by atoms with van der Waals surface area (Å²) in [5.41, 5.74) is 0.408. The van der Waals surface area contributed by atoms with E-state index in [0.29, 0.717) is 5.69 Å². The van der Waals surface area contributed by atoms with Gasteiger partial charge in [0.05, 0.1) is 11.2 Å². The number of carbonyl (C=O) groups excluding carboxylic acids is 1. The summed E-state index contributed by atoms with van der Waals surface area (Å²) in [6.07, 6.45) is 1.61. The Hall–Kier alpha value is -1.40. The molecule has 1 saturated heterocycles. The maximum atomic E-state index is 11.9. The van der Waals surface area contributed by atoms with Gasteiger partial charge in [-0.25, -0.2) is 0 Å². The summed E-state index contributed by atoms with van der Waals surface area (Å²) in [7, 11) is 2.92. The average molecular weight is 276 g/mol. The van der Waals surface area contributed by atoms with Crippen LogP contribution in [0.3, 0.4) is 0 Å². The van der Waals surface area contributed by atoms with E-state index in [0.717, 1.165) is 5.46 Å².